The number of allylic oxidation sites excluding steroid dienone is 28. The fraction of sp³-hybridized carbons (Fsp3) is 0.716. The predicted octanol–water partition coefficient (Wildman–Crippen LogP) is 32.6. The lowest BCUT2D eigenvalue weighted by molar-refractivity contribution is -0.161. The van der Waals surface area contributed by atoms with Crippen LogP contribution in [0.15, 0.2) is 170 Å². The number of unbranched alkanes of at least 4 members (excludes halogenated alkanes) is 46. The van der Waals surface area contributed by atoms with E-state index < -0.39 is 91.5 Å². The van der Waals surface area contributed by atoms with E-state index in [-0.39, 0.29) is 19.3 Å². The summed E-state index contributed by atoms with van der Waals surface area (Å²) in [6.45, 7) is 2.56. The van der Waals surface area contributed by atoms with E-state index in [1.165, 1.54) is 231 Å². The van der Waals surface area contributed by atoms with Crippen molar-refractivity contribution in [2.75, 3.05) is 39.6 Å². The van der Waals surface area contributed by atoms with Gasteiger partial charge in [0.15, 0.2) is 6.10 Å². The monoisotopic (exact) mass is 1820 g/mol. The minimum absolute atomic E-state index is 0.0823. The van der Waals surface area contributed by atoms with Gasteiger partial charge in [-0.1, -0.05) is 435 Å². The minimum Gasteiger partial charge on any atom is -0.463 e. The number of ether oxygens (including phenoxy) is 3. The largest absolute Gasteiger partial charge is 0.472 e. The average molecular weight is 1820 g/mol. The lowest BCUT2D eigenvalue weighted by atomic mass is 10.0. The number of aliphatic hydroxyl groups is 2. The van der Waals surface area contributed by atoms with Crippen LogP contribution in [-0.4, -0.2) is 95.9 Å². The first-order valence-corrected chi connectivity index (χ1v) is 54.4. The number of hydrogen-bond acceptors (Lipinski definition) is 14. The van der Waals surface area contributed by atoms with Crippen LogP contribution in [0.25, 0.3) is 0 Å². The van der Waals surface area contributed by atoms with Crippen LogP contribution >= 0.6 is 15.6 Å². The van der Waals surface area contributed by atoms with Gasteiger partial charge in [-0.25, -0.2) is 9.13 Å². The Labute approximate surface area is 777 Å². The fourth-order valence-electron chi connectivity index (χ4n) is 14.1. The van der Waals surface area contributed by atoms with E-state index in [0.717, 1.165) is 154 Å². The van der Waals surface area contributed by atoms with Crippen molar-refractivity contribution in [1.29, 1.82) is 0 Å². The van der Waals surface area contributed by atoms with Crippen molar-refractivity contribution in [2.24, 2.45) is 0 Å². The van der Waals surface area contributed by atoms with E-state index in [2.05, 4.69) is 191 Å². The van der Waals surface area contributed by atoms with Crippen molar-refractivity contribution in [2.45, 2.75) is 463 Å². The van der Waals surface area contributed by atoms with Crippen LogP contribution in [0.1, 0.15) is 445 Å². The molecular weight excluding hydrogens is 1630 g/mol. The number of phosphoric ester groups is 2. The van der Waals surface area contributed by atoms with Gasteiger partial charge in [-0.3, -0.25) is 32.5 Å². The lowest BCUT2D eigenvalue weighted by Gasteiger charge is -2.21. The van der Waals surface area contributed by atoms with Crippen LogP contribution < -0.4 is 0 Å². The Morgan fingerprint density at radius 1 is 0.228 bits per heavy atom. The van der Waals surface area contributed by atoms with Gasteiger partial charge < -0.3 is 34.2 Å². The Balaban J connectivity index is 4.52. The summed E-state index contributed by atoms with van der Waals surface area (Å²) in [7, 11) is -9.82. The van der Waals surface area contributed by atoms with E-state index in [1.807, 2.05) is 0 Å². The van der Waals surface area contributed by atoms with Gasteiger partial charge in [-0.2, -0.15) is 0 Å². The molecule has 0 amide bonds. The predicted molar refractivity (Wildman–Crippen MR) is 537 cm³/mol. The van der Waals surface area contributed by atoms with Crippen LogP contribution in [0, 0.1) is 0 Å². The van der Waals surface area contributed by atoms with E-state index >= 15 is 0 Å². The van der Waals surface area contributed by atoms with Gasteiger partial charge >= 0.3 is 33.6 Å². The van der Waals surface area contributed by atoms with E-state index in [1.54, 1.807) is 0 Å². The summed E-state index contributed by atoms with van der Waals surface area (Å²) in [6, 6.07) is 0. The van der Waals surface area contributed by atoms with Crippen molar-refractivity contribution in [3.63, 3.8) is 0 Å². The van der Waals surface area contributed by atoms with Gasteiger partial charge in [0.05, 0.1) is 26.4 Å². The van der Waals surface area contributed by atoms with Gasteiger partial charge in [0.2, 0.25) is 0 Å². The number of esters is 3. The van der Waals surface area contributed by atoms with E-state index in [0.29, 0.717) is 19.3 Å². The van der Waals surface area contributed by atoms with Crippen molar-refractivity contribution in [1.82, 2.24) is 0 Å². The zero-order chi connectivity index (χ0) is 92.1. The van der Waals surface area contributed by atoms with Gasteiger partial charge in [0.25, 0.3) is 0 Å². The Hall–Kier alpha value is -5.09. The smallest absolute Gasteiger partial charge is 0.463 e. The highest BCUT2D eigenvalue weighted by molar-refractivity contribution is 7.47. The number of aliphatic hydroxyl groups excluding tert-OH is 2. The summed E-state index contributed by atoms with van der Waals surface area (Å²) in [5, 5.41) is 20.8. The first-order chi connectivity index (χ1) is 62.2. The van der Waals surface area contributed by atoms with Gasteiger partial charge in [-0.05, 0) is 161 Å². The third kappa shape index (κ3) is 101. The summed E-state index contributed by atoms with van der Waals surface area (Å²) in [4.78, 5) is 59.2. The average Bonchev–Trinajstić information content (AvgIpc) is 0.893. The maximum atomic E-state index is 13.1. The summed E-state index contributed by atoms with van der Waals surface area (Å²) < 4.78 is 61.6. The quantitative estimate of drug-likeness (QED) is 0.0146. The molecule has 18 heteroatoms. The van der Waals surface area contributed by atoms with Crippen LogP contribution in [0.3, 0.4) is 0 Å². The molecule has 0 aromatic rings. The lowest BCUT2D eigenvalue weighted by Crippen LogP contribution is -2.30. The topological polar surface area (TPSA) is 231 Å². The standard InChI is InChI=1S/C109H188O16P2/c1-4-7-10-13-16-19-22-25-28-31-34-37-39-41-43-45-47-49-51-53-55-57-59-61-63-66-68-71-74-77-80-83-86-89-92-95-107(112)119-98-104(110)99-121-126(115,116)122-100-105(111)101-123-127(117,118)124-103-106(125-109(114)97-94-91-88-85-82-79-76-73-70-65-36-33-30-27-24-21-18-15-12-9-6-3)102-120-108(113)96-93-90-87-84-81-78-75-72-69-67-64-62-60-58-56-54-52-50-48-46-44-42-40-38-35-32-29-26-23-20-17-14-11-8-5-2/h7,10,16-21,25-30,34-38,41-44,47,49,65,73,76,104-106,110-111H,4-6,8-9,11-15,22-24,31-33,39-40,45-46,48,50-64,66-72,74-75,77-103H2,1-3H3,(H,115,116)(H,117,118)/b10-7-,19-16-,20-17-,21-18-,28-25-,29-26-,30-27-,37-34-,38-35-,43-41-,44-42-,49-47-,65-36-,76-73-. The highest BCUT2D eigenvalue weighted by Gasteiger charge is 2.30. The Kier molecular flexibility index (Phi) is 95.9. The van der Waals surface area contributed by atoms with Crippen LogP contribution in [0.2, 0.25) is 0 Å². The number of phosphoric acid groups is 2. The Morgan fingerprint density at radius 2 is 0.417 bits per heavy atom. The summed E-state index contributed by atoms with van der Waals surface area (Å²) in [5.74, 6) is -1.58. The second-order valence-corrected chi connectivity index (χ2v) is 37.2. The molecule has 16 nitrogen and oxygen atoms in total. The molecule has 4 N–H and O–H groups in total. The van der Waals surface area contributed by atoms with Crippen molar-refractivity contribution in [3.8, 4) is 0 Å². The zero-order valence-corrected chi connectivity index (χ0v) is 82.7. The maximum Gasteiger partial charge on any atom is 0.472 e. The molecule has 0 aliphatic rings. The molecule has 0 fully saturated rings. The molecule has 730 valence electrons. The fourth-order valence-corrected chi connectivity index (χ4v) is 15.7. The first-order valence-electron chi connectivity index (χ1n) is 51.4. The summed E-state index contributed by atoms with van der Waals surface area (Å²) >= 11 is 0. The molecule has 0 saturated heterocycles. The van der Waals surface area contributed by atoms with Gasteiger partial charge in [-0.15, -0.1) is 0 Å². The summed E-state index contributed by atoms with van der Waals surface area (Å²) in [5.41, 5.74) is 0. The molecule has 0 aliphatic carbocycles. The molecule has 0 aliphatic heterocycles. The van der Waals surface area contributed by atoms with Gasteiger partial charge in [0, 0.05) is 19.3 Å². The van der Waals surface area contributed by atoms with Crippen LogP contribution in [-0.2, 0) is 55.8 Å². The molecule has 0 aromatic heterocycles. The second kappa shape index (κ2) is 99.9. The highest BCUT2D eigenvalue weighted by Crippen LogP contribution is 2.45. The number of carbonyl (C=O) groups is 3. The molecule has 0 radical (unpaired) electrons. The van der Waals surface area contributed by atoms with Gasteiger partial charge in [0.1, 0.15) is 25.4 Å². The molecular formula is C109H188O16P2. The number of rotatable bonds is 97. The molecule has 0 rings (SSSR count). The SMILES string of the molecule is CC/C=C\C/C=C\C/C=C\C/C=C\C/C=C\C/C=C\CCCCCCCCCCCCCCCCCCC(=O)OCC(O)COP(=O)(O)OCC(O)COP(=O)(O)OCC(COC(=O)CCCCCCCCCCCCCCCCCCCCC/C=C\C/C=C\C/C=C\C/C=C\CCCCC)OC(=O)CCCCCCC/C=C\C/C=C\C/C=C\C/C=C\CCCCC. The van der Waals surface area contributed by atoms with Crippen molar-refractivity contribution in [3.05, 3.63) is 170 Å². The van der Waals surface area contributed by atoms with E-state index in [4.69, 9.17) is 32.3 Å². The third-order valence-electron chi connectivity index (χ3n) is 21.9. The summed E-state index contributed by atoms with van der Waals surface area (Å²) in [6.07, 6.45) is 131. The van der Waals surface area contributed by atoms with Crippen molar-refractivity contribution < 1.29 is 75.8 Å². The minimum atomic E-state index is -4.95. The number of carbonyl (C=O) groups excluding carboxylic acids is 3. The molecule has 0 spiro atoms. The normalized spacial score (nSPS) is 14.4. The molecule has 127 heavy (non-hydrogen) atoms. The molecule has 0 aromatic carbocycles. The number of hydrogen-bond donors (Lipinski definition) is 4. The highest BCUT2D eigenvalue weighted by atomic mass is 31.2. The van der Waals surface area contributed by atoms with E-state index in [9.17, 15) is 43.5 Å². The Bertz CT molecular complexity index is 2990. The molecule has 5 atom stereocenters. The maximum absolute atomic E-state index is 13.1. The molecule has 0 heterocycles. The zero-order valence-electron chi connectivity index (χ0n) is 80.9. The first kappa shape index (κ1) is 122. The van der Waals surface area contributed by atoms with Crippen LogP contribution in [0.5, 0.6) is 0 Å². The Morgan fingerprint density at radius 3 is 0.661 bits per heavy atom. The van der Waals surface area contributed by atoms with Crippen LogP contribution in [0.4, 0.5) is 0 Å². The molecule has 0 saturated carbocycles. The molecule has 5 unspecified atom stereocenters. The third-order valence-corrected chi connectivity index (χ3v) is 23.8. The van der Waals surface area contributed by atoms with Crippen molar-refractivity contribution >= 4 is 33.6 Å². The second-order valence-electron chi connectivity index (χ2n) is 34.3. The molecule has 0 bridgehead atoms.